The van der Waals surface area contributed by atoms with Crippen molar-refractivity contribution in [2.75, 3.05) is 0 Å². The van der Waals surface area contributed by atoms with E-state index < -0.39 is 0 Å². The predicted molar refractivity (Wildman–Crippen MR) is 94.9 cm³/mol. The van der Waals surface area contributed by atoms with Crippen molar-refractivity contribution in [3.05, 3.63) is 77.7 Å². The van der Waals surface area contributed by atoms with Crippen molar-refractivity contribution in [1.29, 1.82) is 0 Å². The van der Waals surface area contributed by atoms with Crippen LogP contribution < -0.4 is 0 Å². The highest BCUT2D eigenvalue weighted by molar-refractivity contribution is 5.57. The topological polar surface area (TPSA) is 66.0 Å². The molecule has 0 unspecified atom stereocenters. The highest BCUT2D eigenvalue weighted by atomic mass is 19.1. The van der Waals surface area contributed by atoms with Crippen LogP contribution in [0.2, 0.25) is 0 Å². The zero-order valence-corrected chi connectivity index (χ0v) is 14.2. The van der Waals surface area contributed by atoms with Crippen LogP contribution in [0.4, 0.5) is 4.39 Å². The Balaban J connectivity index is 1.41. The van der Waals surface area contributed by atoms with E-state index >= 15 is 0 Å². The van der Waals surface area contributed by atoms with Crippen molar-refractivity contribution >= 4 is 0 Å². The molecule has 27 heavy (non-hydrogen) atoms. The lowest BCUT2D eigenvalue weighted by Gasteiger charge is -2.24. The first-order chi connectivity index (χ1) is 13.3. The predicted octanol–water partition coefficient (Wildman–Crippen LogP) is 4.01. The smallest absolute Gasteiger partial charge is 0.278 e. The Bertz CT molecular complexity index is 1090. The van der Waals surface area contributed by atoms with Gasteiger partial charge in [0.15, 0.2) is 5.69 Å². The van der Waals surface area contributed by atoms with Gasteiger partial charge in [-0.2, -0.15) is 10.1 Å². The van der Waals surface area contributed by atoms with Crippen LogP contribution >= 0.6 is 0 Å². The van der Waals surface area contributed by atoms with Crippen LogP contribution in [0.15, 0.2) is 65.2 Å². The van der Waals surface area contributed by atoms with Gasteiger partial charge in [0.05, 0.1) is 18.8 Å². The van der Waals surface area contributed by atoms with Gasteiger partial charge in [-0.15, -0.1) is 0 Å². The quantitative estimate of drug-likeness (QED) is 0.551. The molecule has 0 spiro atoms. The molecule has 6 nitrogen and oxygen atoms in total. The summed E-state index contributed by atoms with van der Waals surface area (Å²) in [6, 6.07) is 18.0. The Labute approximate surface area is 154 Å². The lowest BCUT2D eigenvalue weighted by Crippen LogP contribution is -2.21. The van der Waals surface area contributed by atoms with Crippen molar-refractivity contribution < 1.29 is 13.7 Å². The fourth-order valence-corrected chi connectivity index (χ4v) is 3.17. The molecule has 0 saturated carbocycles. The lowest BCUT2D eigenvalue weighted by atomic mass is 10.1. The number of nitrogens with zero attached hydrogens (tertiary/aromatic N) is 4. The fourth-order valence-electron chi connectivity index (χ4n) is 3.17. The minimum absolute atomic E-state index is 0.0445. The molecule has 1 aliphatic rings. The second-order valence-corrected chi connectivity index (χ2v) is 6.35. The SMILES string of the molecule is Fc1cccc(-c2noc(-c3cc4n(n3)C[C@H](c3ccccc3)OC4)n2)c1. The molecule has 5 rings (SSSR count). The Morgan fingerprint density at radius 2 is 1.93 bits per heavy atom. The minimum atomic E-state index is -0.347. The van der Waals surface area contributed by atoms with Crippen LogP contribution in [0.25, 0.3) is 23.0 Å². The standard InChI is InChI=1S/C20H15FN4O2/c21-15-8-4-7-14(9-15)19-22-20(27-24-19)17-10-16-12-26-18(11-25(16)23-17)13-5-2-1-3-6-13/h1-10,18H,11-12H2/t18-/m1/s1. The van der Waals surface area contributed by atoms with Gasteiger partial charge < -0.3 is 9.26 Å². The van der Waals surface area contributed by atoms with E-state index in [0.29, 0.717) is 36.1 Å². The molecule has 2 aromatic heterocycles. The summed E-state index contributed by atoms with van der Waals surface area (Å²) in [4.78, 5) is 4.35. The molecule has 0 aliphatic carbocycles. The van der Waals surface area contributed by atoms with Gasteiger partial charge in [0.1, 0.15) is 11.9 Å². The zero-order chi connectivity index (χ0) is 18.2. The van der Waals surface area contributed by atoms with E-state index in [1.165, 1.54) is 12.1 Å². The molecule has 4 aromatic rings. The largest absolute Gasteiger partial charge is 0.365 e. The van der Waals surface area contributed by atoms with Gasteiger partial charge in [-0.3, -0.25) is 4.68 Å². The maximum atomic E-state index is 13.4. The molecule has 7 heteroatoms. The van der Waals surface area contributed by atoms with E-state index in [9.17, 15) is 4.39 Å². The van der Waals surface area contributed by atoms with Crippen LogP contribution in [0, 0.1) is 5.82 Å². The molecule has 1 aliphatic heterocycles. The van der Waals surface area contributed by atoms with Crippen molar-refractivity contribution in [2.24, 2.45) is 0 Å². The molecule has 134 valence electrons. The van der Waals surface area contributed by atoms with Crippen LogP contribution in [0.3, 0.4) is 0 Å². The highest BCUT2D eigenvalue weighted by Crippen LogP contribution is 2.29. The second kappa shape index (κ2) is 6.44. The van der Waals surface area contributed by atoms with Gasteiger partial charge in [-0.1, -0.05) is 47.6 Å². The molecule has 2 aromatic carbocycles. The lowest BCUT2D eigenvalue weighted by molar-refractivity contribution is -0.00113. The van der Waals surface area contributed by atoms with Gasteiger partial charge in [0, 0.05) is 5.56 Å². The monoisotopic (exact) mass is 362 g/mol. The molecular weight excluding hydrogens is 347 g/mol. The summed E-state index contributed by atoms with van der Waals surface area (Å²) in [6.45, 7) is 1.07. The summed E-state index contributed by atoms with van der Waals surface area (Å²) in [7, 11) is 0. The Kier molecular flexibility index (Phi) is 3.79. The van der Waals surface area contributed by atoms with E-state index in [4.69, 9.17) is 9.26 Å². The van der Waals surface area contributed by atoms with E-state index in [1.54, 1.807) is 12.1 Å². The number of benzene rings is 2. The van der Waals surface area contributed by atoms with Gasteiger partial charge in [0.2, 0.25) is 5.82 Å². The summed E-state index contributed by atoms with van der Waals surface area (Å²) in [5.41, 5.74) is 3.20. The highest BCUT2D eigenvalue weighted by Gasteiger charge is 2.24. The third kappa shape index (κ3) is 3.02. The Morgan fingerprint density at radius 1 is 1.04 bits per heavy atom. The van der Waals surface area contributed by atoms with E-state index in [-0.39, 0.29) is 11.9 Å². The van der Waals surface area contributed by atoms with Crippen molar-refractivity contribution in [2.45, 2.75) is 19.3 Å². The summed E-state index contributed by atoms with van der Waals surface area (Å²) in [5, 5.41) is 8.53. The number of fused-ring (bicyclic) bond motifs is 1. The first-order valence-corrected chi connectivity index (χ1v) is 8.59. The number of hydrogen-bond donors (Lipinski definition) is 0. The molecule has 3 heterocycles. The van der Waals surface area contributed by atoms with E-state index in [0.717, 1.165) is 11.3 Å². The summed E-state index contributed by atoms with van der Waals surface area (Å²) < 4.78 is 26.6. The maximum absolute atomic E-state index is 13.4. The fraction of sp³-hybridized carbons (Fsp3) is 0.150. The first-order valence-electron chi connectivity index (χ1n) is 8.59. The second-order valence-electron chi connectivity index (χ2n) is 6.35. The average molecular weight is 362 g/mol. The van der Waals surface area contributed by atoms with E-state index in [2.05, 4.69) is 15.2 Å². The van der Waals surface area contributed by atoms with Gasteiger partial charge in [0.25, 0.3) is 5.89 Å². The normalized spacial score (nSPS) is 16.3. The number of hydrogen-bond acceptors (Lipinski definition) is 5. The van der Waals surface area contributed by atoms with Crippen molar-refractivity contribution in [1.82, 2.24) is 19.9 Å². The van der Waals surface area contributed by atoms with Gasteiger partial charge in [-0.25, -0.2) is 4.39 Å². The maximum Gasteiger partial charge on any atom is 0.278 e. The minimum Gasteiger partial charge on any atom is -0.365 e. The van der Waals surface area contributed by atoms with Gasteiger partial charge >= 0.3 is 0 Å². The molecular formula is C20H15FN4O2. The molecule has 0 bridgehead atoms. The van der Waals surface area contributed by atoms with Crippen LogP contribution in [0.1, 0.15) is 17.4 Å². The molecule has 0 amide bonds. The van der Waals surface area contributed by atoms with Crippen molar-refractivity contribution in [3.63, 3.8) is 0 Å². The third-order valence-corrected chi connectivity index (χ3v) is 4.53. The number of ether oxygens (including phenoxy) is 1. The van der Waals surface area contributed by atoms with Gasteiger partial charge in [-0.05, 0) is 23.8 Å². The Hall–Kier alpha value is -3.32. The number of halogens is 1. The Morgan fingerprint density at radius 3 is 2.78 bits per heavy atom. The number of aromatic nitrogens is 4. The van der Waals surface area contributed by atoms with Crippen LogP contribution in [-0.2, 0) is 17.9 Å². The van der Waals surface area contributed by atoms with Crippen LogP contribution in [0.5, 0.6) is 0 Å². The molecule has 0 saturated heterocycles. The number of rotatable bonds is 3. The molecule has 1 atom stereocenters. The summed E-state index contributed by atoms with van der Waals surface area (Å²) in [5.74, 6) is 0.279. The zero-order valence-electron chi connectivity index (χ0n) is 14.2. The molecule has 0 radical (unpaired) electrons. The van der Waals surface area contributed by atoms with E-state index in [1.807, 2.05) is 41.1 Å². The third-order valence-electron chi connectivity index (χ3n) is 4.53. The van der Waals surface area contributed by atoms with Crippen LogP contribution in [-0.4, -0.2) is 19.9 Å². The van der Waals surface area contributed by atoms with Crippen molar-refractivity contribution in [3.8, 4) is 23.0 Å². The summed E-state index contributed by atoms with van der Waals surface area (Å²) in [6.07, 6.45) is -0.0445. The molecule has 0 N–H and O–H groups in total. The average Bonchev–Trinajstić information content (AvgIpc) is 3.35. The molecule has 0 fully saturated rings. The summed E-state index contributed by atoms with van der Waals surface area (Å²) >= 11 is 0. The first kappa shape index (κ1) is 15.9.